The zero-order valence-corrected chi connectivity index (χ0v) is 12.6. The lowest BCUT2D eigenvalue weighted by atomic mass is 9.95. The first-order valence-electron chi connectivity index (χ1n) is 7.30. The number of hydrogen-bond acceptors (Lipinski definition) is 2. The Morgan fingerprint density at radius 1 is 1.26 bits per heavy atom. The minimum atomic E-state index is 0.282. The molecule has 0 N–H and O–H groups in total. The fourth-order valence-electron chi connectivity index (χ4n) is 3.33. The lowest BCUT2D eigenvalue weighted by molar-refractivity contribution is 0.0892. The van der Waals surface area contributed by atoms with E-state index in [9.17, 15) is 4.79 Å². The highest BCUT2D eigenvalue weighted by atomic mass is 16.1. The largest absolute Gasteiger partial charge is 0.296 e. The highest BCUT2D eigenvalue weighted by molar-refractivity contribution is 6.00. The van der Waals surface area contributed by atoms with Crippen molar-refractivity contribution in [3.05, 3.63) is 34.4 Å². The average Bonchev–Trinajstić information content (AvgIpc) is 2.27. The Balaban J connectivity index is 2.12. The number of piperidine rings is 1. The van der Waals surface area contributed by atoms with Crippen molar-refractivity contribution in [3.8, 4) is 0 Å². The first kappa shape index (κ1) is 14.3. The summed E-state index contributed by atoms with van der Waals surface area (Å²) in [5.41, 5.74) is 4.40. The number of nitrogens with zero attached hydrogens (tertiary/aromatic N) is 1. The first-order chi connectivity index (χ1) is 8.97. The number of benzene rings is 1. The van der Waals surface area contributed by atoms with Crippen LogP contribution in [-0.2, 0) is 0 Å². The number of rotatable bonds is 3. The first-order valence-corrected chi connectivity index (χ1v) is 7.30. The summed E-state index contributed by atoms with van der Waals surface area (Å²) in [7, 11) is 0. The standard InChI is InChI=1S/C17H25NO/c1-12-6-5-7-18(10-12)11-16(19)17-14(3)8-13(2)9-15(17)4/h8-9,12H,5-7,10-11H2,1-4H3. The molecule has 1 aliphatic heterocycles. The Bertz CT molecular complexity index is 455. The zero-order chi connectivity index (χ0) is 14.0. The number of likely N-dealkylation sites (tertiary alicyclic amines) is 1. The fourth-order valence-corrected chi connectivity index (χ4v) is 3.33. The van der Waals surface area contributed by atoms with Crippen LogP contribution < -0.4 is 0 Å². The molecule has 0 saturated carbocycles. The molecule has 0 aromatic heterocycles. The maximum absolute atomic E-state index is 12.5. The summed E-state index contributed by atoms with van der Waals surface area (Å²) in [5, 5.41) is 0. The van der Waals surface area contributed by atoms with Gasteiger partial charge in [0.1, 0.15) is 0 Å². The van der Waals surface area contributed by atoms with Gasteiger partial charge in [-0.05, 0) is 57.2 Å². The zero-order valence-electron chi connectivity index (χ0n) is 12.6. The van der Waals surface area contributed by atoms with Crippen LogP contribution in [0.1, 0.15) is 46.8 Å². The number of ketones is 1. The number of Topliss-reactive ketones (excluding diaryl/α,β-unsaturated/α-hetero) is 1. The molecule has 1 fully saturated rings. The van der Waals surface area contributed by atoms with Crippen molar-refractivity contribution in [1.29, 1.82) is 0 Å². The highest BCUT2D eigenvalue weighted by Crippen LogP contribution is 2.20. The molecule has 0 bridgehead atoms. The van der Waals surface area contributed by atoms with E-state index in [2.05, 4.69) is 30.9 Å². The summed E-state index contributed by atoms with van der Waals surface area (Å²) in [6.07, 6.45) is 2.52. The van der Waals surface area contributed by atoms with Crippen LogP contribution in [0, 0.1) is 26.7 Å². The predicted molar refractivity (Wildman–Crippen MR) is 79.8 cm³/mol. The maximum Gasteiger partial charge on any atom is 0.177 e. The average molecular weight is 259 g/mol. The van der Waals surface area contributed by atoms with Gasteiger partial charge in [-0.1, -0.05) is 24.6 Å². The van der Waals surface area contributed by atoms with E-state index in [-0.39, 0.29) is 5.78 Å². The number of carbonyl (C=O) groups excluding carboxylic acids is 1. The monoisotopic (exact) mass is 259 g/mol. The molecule has 2 nitrogen and oxygen atoms in total. The Labute approximate surface area is 116 Å². The molecular formula is C17H25NO. The van der Waals surface area contributed by atoms with Crippen molar-refractivity contribution in [2.24, 2.45) is 5.92 Å². The van der Waals surface area contributed by atoms with Gasteiger partial charge in [-0.15, -0.1) is 0 Å². The van der Waals surface area contributed by atoms with Crippen molar-refractivity contribution in [2.45, 2.75) is 40.5 Å². The SMILES string of the molecule is Cc1cc(C)c(C(=O)CN2CCCC(C)C2)c(C)c1. The van der Waals surface area contributed by atoms with E-state index in [1.54, 1.807) is 0 Å². The van der Waals surface area contributed by atoms with E-state index in [1.807, 2.05) is 13.8 Å². The van der Waals surface area contributed by atoms with Crippen molar-refractivity contribution in [1.82, 2.24) is 4.90 Å². The van der Waals surface area contributed by atoms with Gasteiger partial charge in [-0.2, -0.15) is 0 Å². The van der Waals surface area contributed by atoms with Gasteiger partial charge < -0.3 is 0 Å². The molecule has 2 heteroatoms. The van der Waals surface area contributed by atoms with Crippen LogP contribution in [0.3, 0.4) is 0 Å². The van der Waals surface area contributed by atoms with Gasteiger partial charge in [0.15, 0.2) is 5.78 Å². The topological polar surface area (TPSA) is 20.3 Å². The molecule has 1 unspecified atom stereocenters. The van der Waals surface area contributed by atoms with E-state index in [0.717, 1.165) is 35.7 Å². The number of carbonyl (C=O) groups is 1. The summed E-state index contributed by atoms with van der Waals surface area (Å²) in [5.74, 6) is 1.01. The van der Waals surface area contributed by atoms with Crippen LogP contribution in [0.5, 0.6) is 0 Å². The van der Waals surface area contributed by atoms with Gasteiger partial charge in [-0.3, -0.25) is 9.69 Å². The fraction of sp³-hybridized carbons (Fsp3) is 0.588. The van der Waals surface area contributed by atoms with Crippen molar-refractivity contribution in [3.63, 3.8) is 0 Å². The Hall–Kier alpha value is -1.15. The third-order valence-corrected chi connectivity index (χ3v) is 4.06. The third-order valence-electron chi connectivity index (χ3n) is 4.06. The molecule has 0 aliphatic carbocycles. The van der Waals surface area contributed by atoms with E-state index in [1.165, 1.54) is 18.4 Å². The van der Waals surface area contributed by atoms with Crippen molar-refractivity contribution >= 4 is 5.78 Å². The molecular weight excluding hydrogens is 234 g/mol. The summed E-state index contributed by atoms with van der Waals surface area (Å²) >= 11 is 0. The molecule has 1 saturated heterocycles. The van der Waals surface area contributed by atoms with Crippen LogP contribution in [0.2, 0.25) is 0 Å². The molecule has 1 aromatic carbocycles. The second-order valence-corrected chi connectivity index (χ2v) is 6.18. The molecule has 104 valence electrons. The van der Waals surface area contributed by atoms with Crippen LogP contribution in [0.4, 0.5) is 0 Å². The Morgan fingerprint density at radius 3 is 2.47 bits per heavy atom. The predicted octanol–water partition coefficient (Wildman–Crippen LogP) is 3.53. The van der Waals surface area contributed by atoms with Gasteiger partial charge in [0.25, 0.3) is 0 Å². The van der Waals surface area contributed by atoms with E-state index < -0.39 is 0 Å². The molecule has 1 aromatic rings. The third kappa shape index (κ3) is 3.44. The normalized spacial score (nSPS) is 20.5. The van der Waals surface area contributed by atoms with Gasteiger partial charge in [-0.25, -0.2) is 0 Å². The highest BCUT2D eigenvalue weighted by Gasteiger charge is 2.21. The number of aryl methyl sites for hydroxylation is 3. The summed E-state index contributed by atoms with van der Waals surface area (Å²) in [6, 6.07) is 4.22. The minimum absolute atomic E-state index is 0.282. The van der Waals surface area contributed by atoms with Gasteiger partial charge >= 0.3 is 0 Å². The smallest absolute Gasteiger partial charge is 0.177 e. The van der Waals surface area contributed by atoms with E-state index >= 15 is 0 Å². The van der Waals surface area contributed by atoms with Gasteiger partial charge in [0.05, 0.1) is 6.54 Å². The van der Waals surface area contributed by atoms with Crippen LogP contribution in [0.15, 0.2) is 12.1 Å². The Kier molecular flexibility index (Phi) is 4.41. The second kappa shape index (κ2) is 5.87. The number of hydrogen-bond donors (Lipinski definition) is 0. The molecule has 19 heavy (non-hydrogen) atoms. The van der Waals surface area contributed by atoms with Crippen LogP contribution in [0.25, 0.3) is 0 Å². The molecule has 0 radical (unpaired) electrons. The van der Waals surface area contributed by atoms with Crippen LogP contribution >= 0.6 is 0 Å². The van der Waals surface area contributed by atoms with Gasteiger partial charge in [0, 0.05) is 12.1 Å². The van der Waals surface area contributed by atoms with E-state index in [4.69, 9.17) is 0 Å². The summed E-state index contributed by atoms with van der Waals surface area (Å²) in [6.45, 7) is 11.2. The molecule has 1 atom stereocenters. The minimum Gasteiger partial charge on any atom is -0.296 e. The van der Waals surface area contributed by atoms with Gasteiger partial charge in [0.2, 0.25) is 0 Å². The summed E-state index contributed by atoms with van der Waals surface area (Å²) in [4.78, 5) is 14.8. The molecule has 0 amide bonds. The van der Waals surface area contributed by atoms with Crippen molar-refractivity contribution in [2.75, 3.05) is 19.6 Å². The van der Waals surface area contributed by atoms with Crippen LogP contribution in [-0.4, -0.2) is 30.3 Å². The maximum atomic E-state index is 12.5. The Morgan fingerprint density at radius 2 is 1.89 bits per heavy atom. The molecule has 1 heterocycles. The molecule has 1 aliphatic rings. The second-order valence-electron chi connectivity index (χ2n) is 6.18. The lowest BCUT2D eigenvalue weighted by Crippen LogP contribution is -2.38. The van der Waals surface area contributed by atoms with Crippen molar-refractivity contribution < 1.29 is 4.79 Å². The van der Waals surface area contributed by atoms with E-state index in [0.29, 0.717) is 6.54 Å². The molecule has 0 spiro atoms. The summed E-state index contributed by atoms with van der Waals surface area (Å²) < 4.78 is 0. The lowest BCUT2D eigenvalue weighted by Gasteiger charge is -2.30. The molecule has 2 rings (SSSR count). The quantitative estimate of drug-likeness (QED) is 0.774.